The van der Waals surface area contributed by atoms with Crippen LogP contribution in [-0.4, -0.2) is 5.91 Å². The molecule has 1 aliphatic heterocycles. The van der Waals surface area contributed by atoms with Crippen LogP contribution in [0.2, 0.25) is 0 Å². The Morgan fingerprint density at radius 1 is 1.10 bits per heavy atom. The predicted molar refractivity (Wildman–Crippen MR) is 90.2 cm³/mol. The first-order valence-corrected chi connectivity index (χ1v) is 7.84. The zero-order chi connectivity index (χ0) is 14.3. The Morgan fingerprint density at radius 3 is 2.45 bits per heavy atom. The second kappa shape index (κ2) is 5.20. The lowest BCUT2D eigenvalue weighted by Gasteiger charge is -2.16. The minimum absolute atomic E-state index is 0.107. The molecule has 102 valence electrons. The lowest BCUT2D eigenvalue weighted by molar-refractivity contribution is 0.0996. The van der Waals surface area contributed by atoms with E-state index in [-0.39, 0.29) is 5.91 Å². The number of hydrogen-bond acceptors (Lipinski definition) is 1. The highest BCUT2D eigenvalue weighted by Gasteiger charge is 2.28. The number of carbonyl (C=O) groups excluding carboxylic acids is 1. The first kappa shape index (κ1) is 13.6. The van der Waals surface area contributed by atoms with Crippen LogP contribution in [0.25, 0.3) is 0 Å². The van der Waals surface area contributed by atoms with Crippen molar-refractivity contribution in [3.63, 3.8) is 0 Å². The largest absolute Gasteiger partial charge is 0.304 e. The highest BCUT2D eigenvalue weighted by atomic mass is 127. The fourth-order valence-electron chi connectivity index (χ4n) is 2.52. The monoisotopic (exact) mass is 377 g/mol. The van der Waals surface area contributed by atoms with Crippen molar-refractivity contribution >= 4 is 34.2 Å². The van der Waals surface area contributed by atoms with Crippen molar-refractivity contribution in [2.24, 2.45) is 0 Å². The zero-order valence-electron chi connectivity index (χ0n) is 11.6. The predicted octanol–water partition coefficient (Wildman–Crippen LogP) is 4.58. The molecule has 0 bridgehead atoms. The minimum Gasteiger partial charge on any atom is -0.304 e. The summed E-state index contributed by atoms with van der Waals surface area (Å²) in [6.07, 6.45) is 0. The Morgan fingerprint density at radius 2 is 1.80 bits per heavy atom. The van der Waals surface area contributed by atoms with Gasteiger partial charge in [0.2, 0.25) is 0 Å². The van der Waals surface area contributed by atoms with Gasteiger partial charge in [0.25, 0.3) is 5.91 Å². The summed E-state index contributed by atoms with van der Waals surface area (Å²) in [5.41, 5.74) is 4.23. The van der Waals surface area contributed by atoms with E-state index in [4.69, 9.17) is 0 Å². The maximum absolute atomic E-state index is 12.5. The molecule has 1 aliphatic rings. The van der Waals surface area contributed by atoms with Gasteiger partial charge in [-0.05, 0) is 63.9 Å². The van der Waals surface area contributed by atoms with Gasteiger partial charge in [0.05, 0.1) is 6.54 Å². The van der Waals surface area contributed by atoms with E-state index in [1.807, 2.05) is 23.1 Å². The van der Waals surface area contributed by atoms with E-state index in [1.165, 1.54) is 5.56 Å². The molecule has 3 heteroatoms. The molecule has 0 aliphatic carbocycles. The summed E-state index contributed by atoms with van der Waals surface area (Å²) in [6, 6.07) is 14.4. The molecule has 0 unspecified atom stereocenters. The average molecular weight is 377 g/mol. The van der Waals surface area contributed by atoms with Crippen LogP contribution in [0.5, 0.6) is 0 Å². The number of nitrogens with zero attached hydrogens (tertiary/aromatic N) is 1. The summed E-state index contributed by atoms with van der Waals surface area (Å²) < 4.78 is 1.10. The topological polar surface area (TPSA) is 20.3 Å². The molecule has 0 saturated carbocycles. The summed E-state index contributed by atoms with van der Waals surface area (Å²) in [5, 5.41) is 0. The summed E-state index contributed by atoms with van der Waals surface area (Å²) in [7, 11) is 0. The SMILES string of the molecule is CC(C)c1ccc(N2Cc3ccc(I)cc3C2=O)cc1. The van der Waals surface area contributed by atoms with Gasteiger partial charge in [-0.1, -0.05) is 32.0 Å². The van der Waals surface area contributed by atoms with Crippen LogP contribution in [-0.2, 0) is 6.54 Å². The van der Waals surface area contributed by atoms with Crippen molar-refractivity contribution in [1.82, 2.24) is 0 Å². The first-order chi connectivity index (χ1) is 9.56. The molecule has 2 aromatic rings. The summed E-state index contributed by atoms with van der Waals surface area (Å²) >= 11 is 2.25. The summed E-state index contributed by atoms with van der Waals surface area (Å²) in [5.74, 6) is 0.618. The number of halogens is 1. The van der Waals surface area contributed by atoms with Crippen LogP contribution in [0.1, 0.15) is 41.3 Å². The van der Waals surface area contributed by atoms with Gasteiger partial charge >= 0.3 is 0 Å². The quantitative estimate of drug-likeness (QED) is 0.702. The summed E-state index contributed by atoms with van der Waals surface area (Å²) in [4.78, 5) is 14.3. The van der Waals surface area contributed by atoms with E-state index < -0.39 is 0 Å². The van der Waals surface area contributed by atoms with Gasteiger partial charge in [-0.3, -0.25) is 4.79 Å². The summed E-state index contributed by atoms with van der Waals surface area (Å²) in [6.45, 7) is 5.02. The Kier molecular flexibility index (Phi) is 3.54. The van der Waals surface area contributed by atoms with Crippen LogP contribution >= 0.6 is 22.6 Å². The second-order valence-electron chi connectivity index (χ2n) is 5.44. The first-order valence-electron chi connectivity index (χ1n) is 6.76. The zero-order valence-corrected chi connectivity index (χ0v) is 13.7. The van der Waals surface area contributed by atoms with Gasteiger partial charge in [-0.2, -0.15) is 0 Å². The number of benzene rings is 2. The third kappa shape index (κ3) is 2.35. The minimum atomic E-state index is 0.107. The molecule has 0 radical (unpaired) electrons. The third-order valence-electron chi connectivity index (χ3n) is 3.75. The lowest BCUT2D eigenvalue weighted by Crippen LogP contribution is -2.22. The van der Waals surface area contributed by atoms with Crippen molar-refractivity contribution in [1.29, 1.82) is 0 Å². The molecular formula is C17H16INO. The van der Waals surface area contributed by atoms with Crippen molar-refractivity contribution in [3.8, 4) is 0 Å². The van der Waals surface area contributed by atoms with Gasteiger partial charge in [0.15, 0.2) is 0 Å². The molecule has 0 aromatic heterocycles. The average Bonchev–Trinajstić information content (AvgIpc) is 2.76. The Labute approximate surface area is 132 Å². The molecule has 20 heavy (non-hydrogen) atoms. The van der Waals surface area contributed by atoms with Crippen LogP contribution < -0.4 is 4.90 Å². The fourth-order valence-corrected chi connectivity index (χ4v) is 3.01. The van der Waals surface area contributed by atoms with Gasteiger partial charge in [-0.15, -0.1) is 0 Å². The number of rotatable bonds is 2. The highest BCUT2D eigenvalue weighted by Crippen LogP contribution is 2.30. The third-order valence-corrected chi connectivity index (χ3v) is 4.42. The van der Waals surface area contributed by atoms with Crippen LogP contribution in [0.15, 0.2) is 42.5 Å². The Bertz CT molecular complexity index is 661. The molecule has 2 aromatic carbocycles. The van der Waals surface area contributed by atoms with Crippen LogP contribution in [0.4, 0.5) is 5.69 Å². The number of amides is 1. The molecule has 0 saturated heterocycles. The maximum Gasteiger partial charge on any atom is 0.258 e. The van der Waals surface area contributed by atoms with E-state index >= 15 is 0 Å². The van der Waals surface area contributed by atoms with Gasteiger partial charge in [0, 0.05) is 14.8 Å². The van der Waals surface area contributed by atoms with E-state index in [0.717, 1.165) is 20.4 Å². The molecule has 0 fully saturated rings. The Hall–Kier alpha value is -1.36. The standard InChI is InChI=1S/C17H16INO/c1-11(2)12-4-7-15(8-5-12)19-10-13-3-6-14(18)9-16(13)17(19)20/h3-9,11H,10H2,1-2H3. The number of hydrogen-bond donors (Lipinski definition) is 0. The number of carbonyl (C=O) groups is 1. The molecular weight excluding hydrogens is 361 g/mol. The fraction of sp³-hybridized carbons (Fsp3) is 0.235. The van der Waals surface area contributed by atoms with E-state index in [1.54, 1.807) is 0 Å². The number of anilines is 1. The van der Waals surface area contributed by atoms with Crippen LogP contribution in [0, 0.1) is 3.57 Å². The van der Waals surface area contributed by atoms with E-state index in [9.17, 15) is 4.79 Å². The molecule has 0 atom stereocenters. The normalized spacial score (nSPS) is 14.0. The smallest absolute Gasteiger partial charge is 0.258 e. The Balaban J connectivity index is 1.92. The van der Waals surface area contributed by atoms with Crippen molar-refractivity contribution in [3.05, 3.63) is 62.7 Å². The van der Waals surface area contributed by atoms with Crippen molar-refractivity contribution < 1.29 is 4.79 Å². The number of fused-ring (bicyclic) bond motifs is 1. The van der Waals surface area contributed by atoms with Gasteiger partial charge < -0.3 is 4.90 Å². The maximum atomic E-state index is 12.5. The highest BCUT2D eigenvalue weighted by molar-refractivity contribution is 14.1. The van der Waals surface area contributed by atoms with Crippen molar-refractivity contribution in [2.75, 3.05) is 4.90 Å². The molecule has 1 amide bonds. The molecule has 2 nitrogen and oxygen atoms in total. The van der Waals surface area contributed by atoms with E-state index in [0.29, 0.717) is 12.5 Å². The molecule has 0 spiro atoms. The lowest BCUT2D eigenvalue weighted by atomic mass is 10.0. The van der Waals surface area contributed by atoms with Crippen LogP contribution in [0.3, 0.4) is 0 Å². The molecule has 3 rings (SSSR count). The second-order valence-corrected chi connectivity index (χ2v) is 6.68. The van der Waals surface area contributed by atoms with Gasteiger partial charge in [-0.25, -0.2) is 0 Å². The van der Waals surface area contributed by atoms with E-state index in [2.05, 4.69) is 60.7 Å². The molecule has 1 heterocycles. The van der Waals surface area contributed by atoms with Gasteiger partial charge in [0.1, 0.15) is 0 Å². The van der Waals surface area contributed by atoms with Crippen molar-refractivity contribution in [2.45, 2.75) is 26.3 Å². The molecule has 0 N–H and O–H groups in total.